The van der Waals surface area contributed by atoms with Gasteiger partial charge in [0.05, 0.1) is 10.7 Å². The smallest absolute Gasteiger partial charge is 0.319 e. The standard InChI is InChI=1S/C15H13Cl3N2O/c16-11-5-6-13(18)14(9-11)20-15(21)19-8-7-10-3-1-2-4-12(10)17/h1-6,9H,7-8H2,(H2,19,20,21). The number of nitrogens with one attached hydrogen (secondary N) is 2. The molecule has 0 bridgehead atoms. The predicted octanol–water partition coefficient (Wildman–Crippen LogP) is 5.01. The second-order valence-corrected chi connectivity index (χ2v) is 5.60. The highest BCUT2D eigenvalue weighted by atomic mass is 35.5. The summed E-state index contributed by atoms with van der Waals surface area (Å²) in [6, 6.07) is 12.1. The van der Waals surface area contributed by atoms with Crippen molar-refractivity contribution in [3.05, 3.63) is 63.1 Å². The van der Waals surface area contributed by atoms with Crippen LogP contribution in [0.1, 0.15) is 5.56 Å². The van der Waals surface area contributed by atoms with Gasteiger partial charge in [0.2, 0.25) is 0 Å². The fourth-order valence-electron chi connectivity index (χ4n) is 1.77. The summed E-state index contributed by atoms with van der Waals surface area (Å²) in [5.41, 5.74) is 1.46. The van der Waals surface area contributed by atoms with E-state index in [1.54, 1.807) is 18.2 Å². The molecule has 3 nitrogen and oxygen atoms in total. The van der Waals surface area contributed by atoms with Crippen molar-refractivity contribution in [2.45, 2.75) is 6.42 Å². The number of amides is 2. The van der Waals surface area contributed by atoms with Gasteiger partial charge in [0.15, 0.2) is 0 Å². The monoisotopic (exact) mass is 342 g/mol. The van der Waals surface area contributed by atoms with E-state index in [9.17, 15) is 4.79 Å². The highest BCUT2D eigenvalue weighted by Crippen LogP contribution is 2.25. The zero-order chi connectivity index (χ0) is 15.2. The maximum absolute atomic E-state index is 11.8. The Hall–Kier alpha value is -1.42. The van der Waals surface area contributed by atoms with Gasteiger partial charge in [-0.2, -0.15) is 0 Å². The van der Waals surface area contributed by atoms with Crippen molar-refractivity contribution < 1.29 is 4.79 Å². The van der Waals surface area contributed by atoms with Crippen LogP contribution in [-0.4, -0.2) is 12.6 Å². The molecule has 0 unspecified atom stereocenters. The summed E-state index contributed by atoms with van der Waals surface area (Å²) < 4.78 is 0. The van der Waals surface area contributed by atoms with E-state index >= 15 is 0 Å². The normalized spacial score (nSPS) is 10.2. The van der Waals surface area contributed by atoms with E-state index < -0.39 is 0 Å². The van der Waals surface area contributed by atoms with Crippen LogP contribution in [0.15, 0.2) is 42.5 Å². The van der Waals surface area contributed by atoms with Crippen LogP contribution in [0.25, 0.3) is 0 Å². The quantitative estimate of drug-likeness (QED) is 0.805. The third-order valence-electron chi connectivity index (χ3n) is 2.81. The van der Waals surface area contributed by atoms with E-state index in [-0.39, 0.29) is 6.03 Å². The summed E-state index contributed by atoms with van der Waals surface area (Å²) in [6.45, 7) is 0.466. The van der Waals surface area contributed by atoms with Crippen molar-refractivity contribution in [2.24, 2.45) is 0 Å². The van der Waals surface area contributed by atoms with E-state index in [1.165, 1.54) is 0 Å². The van der Waals surface area contributed by atoms with Crippen molar-refractivity contribution in [1.82, 2.24) is 5.32 Å². The fourth-order valence-corrected chi connectivity index (χ4v) is 2.34. The molecule has 21 heavy (non-hydrogen) atoms. The Balaban J connectivity index is 1.85. The predicted molar refractivity (Wildman–Crippen MR) is 88.6 cm³/mol. The molecule has 0 radical (unpaired) electrons. The lowest BCUT2D eigenvalue weighted by Gasteiger charge is -2.10. The first-order valence-corrected chi connectivity index (χ1v) is 7.43. The van der Waals surface area contributed by atoms with Crippen LogP contribution in [0.3, 0.4) is 0 Å². The third-order valence-corrected chi connectivity index (χ3v) is 3.75. The molecule has 110 valence electrons. The molecular formula is C15H13Cl3N2O. The van der Waals surface area contributed by atoms with Gasteiger partial charge in [0.1, 0.15) is 0 Å². The Bertz CT molecular complexity index is 647. The maximum Gasteiger partial charge on any atom is 0.319 e. The van der Waals surface area contributed by atoms with E-state index in [0.717, 1.165) is 5.56 Å². The molecule has 2 aromatic carbocycles. The average molecular weight is 344 g/mol. The van der Waals surface area contributed by atoms with Crippen LogP contribution in [0.4, 0.5) is 10.5 Å². The molecule has 2 N–H and O–H groups in total. The number of carbonyl (C=O) groups excluding carboxylic acids is 1. The second kappa shape index (κ2) is 7.55. The molecule has 6 heteroatoms. The van der Waals surface area contributed by atoms with Crippen molar-refractivity contribution in [3.63, 3.8) is 0 Å². The molecule has 0 saturated heterocycles. The highest BCUT2D eigenvalue weighted by Gasteiger charge is 2.06. The minimum Gasteiger partial charge on any atom is -0.338 e. The lowest BCUT2D eigenvalue weighted by atomic mass is 10.1. The van der Waals surface area contributed by atoms with Crippen molar-refractivity contribution in [2.75, 3.05) is 11.9 Å². The lowest BCUT2D eigenvalue weighted by molar-refractivity contribution is 0.252. The first-order chi connectivity index (χ1) is 10.1. The molecule has 0 saturated carbocycles. The average Bonchev–Trinajstić information content (AvgIpc) is 2.45. The molecule has 0 heterocycles. The van der Waals surface area contributed by atoms with Crippen molar-refractivity contribution in [1.29, 1.82) is 0 Å². The highest BCUT2D eigenvalue weighted by molar-refractivity contribution is 6.35. The first-order valence-electron chi connectivity index (χ1n) is 6.29. The van der Waals surface area contributed by atoms with Gasteiger partial charge in [-0.25, -0.2) is 4.79 Å². The Labute approximate surface area is 138 Å². The SMILES string of the molecule is O=C(NCCc1ccccc1Cl)Nc1cc(Cl)ccc1Cl. The molecule has 0 atom stereocenters. The van der Waals surface area contributed by atoms with Gasteiger partial charge in [-0.15, -0.1) is 0 Å². The number of anilines is 1. The third kappa shape index (κ3) is 4.81. The summed E-state index contributed by atoms with van der Waals surface area (Å²) in [5.74, 6) is 0. The van der Waals surface area contributed by atoms with Gasteiger partial charge in [-0.05, 0) is 36.2 Å². The zero-order valence-corrected chi connectivity index (χ0v) is 13.3. The number of hydrogen-bond donors (Lipinski definition) is 2. The number of hydrogen-bond acceptors (Lipinski definition) is 1. The first kappa shape index (κ1) is 16.0. The van der Waals surface area contributed by atoms with Crippen molar-refractivity contribution in [3.8, 4) is 0 Å². The van der Waals surface area contributed by atoms with Gasteiger partial charge in [-0.3, -0.25) is 0 Å². The van der Waals surface area contributed by atoms with E-state index in [2.05, 4.69) is 10.6 Å². The summed E-state index contributed by atoms with van der Waals surface area (Å²) >= 11 is 17.9. The number of benzene rings is 2. The minimum atomic E-state index is -0.341. The Morgan fingerprint density at radius 2 is 1.76 bits per heavy atom. The Kier molecular flexibility index (Phi) is 5.74. The summed E-state index contributed by atoms with van der Waals surface area (Å²) in [7, 11) is 0. The van der Waals surface area contributed by atoms with Gasteiger partial charge in [-0.1, -0.05) is 53.0 Å². The minimum absolute atomic E-state index is 0.341. The largest absolute Gasteiger partial charge is 0.338 e. The van der Waals surface area contributed by atoms with Crippen LogP contribution in [-0.2, 0) is 6.42 Å². The van der Waals surface area contributed by atoms with Gasteiger partial charge in [0, 0.05) is 16.6 Å². The summed E-state index contributed by atoms with van der Waals surface area (Å²) in [4.78, 5) is 11.8. The fraction of sp³-hybridized carbons (Fsp3) is 0.133. The summed E-state index contributed by atoms with van der Waals surface area (Å²) in [5, 5.41) is 7.02. The molecule has 2 aromatic rings. The van der Waals surface area contributed by atoms with Crippen LogP contribution < -0.4 is 10.6 Å². The molecule has 0 spiro atoms. The zero-order valence-electron chi connectivity index (χ0n) is 11.0. The number of halogens is 3. The molecule has 0 aromatic heterocycles. The van der Waals surface area contributed by atoms with Gasteiger partial charge < -0.3 is 10.6 Å². The summed E-state index contributed by atoms with van der Waals surface area (Å²) in [6.07, 6.45) is 0.649. The van der Waals surface area contributed by atoms with Crippen molar-refractivity contribution >= 4 is 46.5 Å². The molecule has 2 rings (SSSR count). The molecule has 0 aliphatic heterocycles. The van der Waals surface area contributed by atoms with Gasteiger partial charge >= 0.3 is 6.03 Å². The number of rotatable bonds is 4. The maximum atomic E-state index is 11.8. The van der Waals surface area contributed by atoms with E-state index in [4.69, 9.17) is 34.8 Å². The number of carbonyl (C=O) groups is 1. The van der Waals surface area contributed by atoms with Gasteiger partial charge in [0.25, 0.3) is 0 Å². The topological polar surface area (TPSA) is 41.1 Å². The Morgan fingerprint density at radius 1 is 1.00 bits per heavy atom. The molecular weight excluding hydrogens is 331 g/mol. The van der Waals surface area contributed by atoms with Crippen LogP contribution in [0, 0.1) is 0 Å². The molecule has 0 aliphatic rings. The lowest BCUT2D eigenvalue weighted by Crippen LogP contribution is -2.30. The second-order valence-electron chi connectivity index (χ2n) is 4.35. The van der Waals surface area contributed by atoms with Crippen LogP contribution in [0.2, 0.25) is 15.1 Å². The molecule has 0 aliphatic carbocycles. The number of urea groups is 1. The Morgan fingerprint density at radius 3 is 2.52 bits per heavy atom. The van der Waals surface area contributed by atoms with E-state index in [1.807, 2.05) is 24.3 Å². The molecule has 2 amide bonds. The van der Waals surface area contributed by atoms with Crippen LogP contribution in [0.5, 0.6) is 0 Å². The molecule has 0 fully saturated rings. The van der Waals surface area contributed by atoms with E-state index in [0.29, 0.717) is 33.7 Å². The van der Waals surface area contributed by atoms with Crippen LogP contribution >= 0.6 is 34.8 Å².